The van der Waals surface area contributed by atoms with Gasteiger partial charge in [-0.3, -0.25) is 4.79 Å². The Morgan fingerprint density at radius 3 is 2.92 bits per heavy atom. The molecular weight excluding hydrogens is 302 g/mol. The van der Waals surface area contributed by atoms with E-state index < -0.39 is 0 Å². The number of primary amides is 1. The SMILES string of the molecule is Cc1cc(-c2ccn3ncnc3c2)nc2cc(CC(N)=O)ccc12. The van der Waals surface area contributed by atoms with Crippen molar-refractivity contribution in [3.05, 3.63) is 60.0 Å². The molecule has 0 aliphatic rings. The molecule has 3 aromatic heterocycles. The molecule has 1 amide bonds. The van der Waals surface area contributed by atoms with E-state index in [0.717, 1.165) is 38.9 Å². The number of hydrogen-bond donors (Lipinski definition) is 1. The molecule has 4 rings (SSSR count). The Morgan fingerprint density at radius 2 is 2.08 bits per heavy atom. The van der Waals surface area contributed by atoms with Gasteiger partial charge in [-0.05, 0) is 42.3 Å². The molecule has 0 saturated heterocycles. The summed E-state index contributed by atoms with van der Waals surface area (Å²) in [5, 5.41) is 5.17. The summed E-state index contributed by atoms with van der Waals surface area (Å²) in [5.74, 6) is -0.348. The lowest BCUT2D eigenvalue weighted by molar-refractivity contribution is -0.117. The van der Waals surface area contributed by atoms with Crippen LogP contribution in [0.5, 0.6) is 0 Å². The van der Waals surface area contributed by atoms with Crippen molar-refractivity contribution in [2.45, 2.75) is 13.3 Å². The minimum atomic E-state index is -0.348. The van der Waals surface area contributed by atoms with Gasteiger partial charge in [0, 0.05) is 17.1 Å². The molecule has 0 aliphatic heterocycles. The Morgan fingerprint density at radius 1 is 1.21 bits per heavy atom. The van der Waals surface area contributed by atoms with Gasteiger partial charge in [0.1, 0.15) is 6.33 Å². The van der Waals surface area contributed by atoms with Crippen LogP contribution in [0, 0.1) is 6.92 Å². The Hall–Kier alpha value is -3.28. The maximum Gasteiger partial charge on any atom is 0.221 e. The van der Waals surface area contributed by atoms with Crippen molar-refractivity contribution >= 4 is 22.5 Å². The van der Waals surface area contributed by atoms with Gasteiger partial charge >= 0.3 is 0 Å². The number of aromatic nitrogens is 4. The molecule has 2 N–H and O–H groups in total. The van der Waals surface area contributed by atoms with Crippen LogP contribution >= 0.6 is 0 Å². The van der Waals surface area contributed by atoms with Crippen molar-refractivity contribution in [3.63, 3.8) is 0 Å². The van der Waals surface area contributed by atoms with Crippen LogP contribution in [0.25, 0.3) is 27.8 Å². The number of hydrogen-bond acceptors (Lipinski definition) is 4. The van der Waals surface area contributed by atoms with E-state index in [1.54, 1.807) is 4.52 Å². The molecule has 24 heavy (non-hydrogen) atoms. The predicted octanol–water partition coefficient (Wildman–Crippen LogP) is 2.28. The molecule has 1 aromatic carbocycles. The van der Waals surface area contributed by atoms with Crippen molar-refractivity contribution in [1.29, 1.82) is 0 Å². The van der Waals surface area contributed by atoms with Crippen molar-refractivity contribution < 1.29 is 4.79 Å². The minimum Gasteiger partial charge on any atom is -0.369 e. The number of carbonyl (C=O) groups is 1. The van der Waals surface area contributed by atoms with Gasteiger partial charge in [-0.1, -0.05) is 12.1 Å². The van der Waals surface area contributed by atoms with Crippen LogP contribution in [-0.2, 0) is 11.2 Å². The van der Waals surface area contributed by atoms with Crippen LogP contribution < -0.4 is 5.73 Å². The highest BCUT2D eigenvalue weighted by atomic mass is 16.1. The second-order valence-electron chi connectivity index (χ2n) is 5.80. The first kappa shape index (κ1) is 14.3. The van der Waals surface area contributed by atoms with Gasteiger partial charge in [-0.15, -0.1) is 0 Å². The molecule has 0 fully saturated rings. The van der Waals surface area contributed by atoms with Crippen LogP contribution in [-0.4, -0.2) is 25.5 Å². The summed E-state index contributed by atoms with van der Waals surface area (Å²) in [6.45, 7) is 2.05. The highest BCUT2D eigenvalue weighted by Gasteiger charge is 2.08. The fraction of sp³-hybridized carbons (Fsp3) is 0.111. The number of amides is 1. The van der Waals surface area contributed by atoms with Crippen molar-refractivity contribution in [2.75, 3.05) is 0 Å². The van der Waals surface area contributed by atoms with Crippen LogP contribution in [0.4, 0.5) is 0 Å². The van der Waals surface area contributed by atoms with E-state index in [-0.39, 0.29) is 12.3 Å². The standard InChI is InChI=1S/C18H15N5O/c1-11-6-15(13-4-5-23-18(9-13)20-10-21-23)22-16-7-12(8-17(19)24)2-3-14(11)16/h2-7,9-10H,8H2,1H3,(H2,19,24). The number of nitrogens with zero attached hydrogens (tertiary/aromatic N) is 4. The minimum absolute atomic E-state index is 0.215. The third-order valence-electron chi connectivity index (χ3n) is 4.04. The summed E-state index contributed by atoms with van der Waals surface area (Å²) in [5.41, 5.74) is 10.7. The first-order chi connectivity index (χ1) is 11.6. The third-order valence-corrected chi connectivity index (χ3v) is 4.04. The van der Waals surface area contributed by atoms with E-state index in [0.29, 0.717) is 0 Å². The number of nitrogens with two attached hydrogens (primary N) is 1. The zero-order valence-electron chi connectivity index (χ0n) is 13.1. The monoisotopic (exact) mass is 317 g/mol. The molecule has 3 heterocycles. The van der Waals surface area contributed by atoms with Gasteiger partial charge < -0.3 is 5.73 Å². The number of pyridine rings is 2. The number of rotatable bonds is 3. The van der Waals surface area contributed by atoms with Crippen LogP contribution in [0.1, 0.15) is 11.1 Å². The van der Waals surface area contributed by atoms with Crippen LogP contribution in [0.2, 0.25) is 0 Å². The number of aryl methyl sites for hydroxylation is 1. The number of fused-ring (bicyclic) bond motifs is 2. The van der Waals surface area contributed by atoms with Gasteiger partial charge in [-0.2, -0.15) is 5.10 Å². The lowest BCUT2D eigenvalue weighted by atomic mass is 10.0. The second kappa shape index (κ2) is 5.42. The first-order valence-corrected chi connectivity index (χ1v) is 7.58. The number of benzene rings is 1. The molecule has 6 nitrogen and oxygen atoms in total. The molecule has 0 aliphatic carbocycles. The molecular formula is C18H15N5O. The smallest absolute Gasteiger partial charge is 0.221 e. The van der Waals surface area contributed by atoms with Gasteiger partial charge in [0.2, 0.25) is 5.91 Å². The molecule has 0 saturated carbocycles. The topological polar surface area (TPSA) is 86.2 Å². The summed E-state index contributed by atoms with van der Waals surface area (Å²) in [4.78, 5) is 20.1. The second-order valence-corrected chi connectivity index (χ2v) is 5.80. The van der Waals surface area contributed by atoms with Gasteiger partial charge in [0.25, 0.3) is 0 Å². The Kier molecular flexibility index (Phi) is 3.23. The molecule has 0 unspecified atom stereocenters. The van der Waals surface area contributed by atoms with E-state index >= 15 is 0 Å². The normalized spacial score (nSPS) is 11.2. The van der Waals surface area contributed by atoms with Gasteiger partial charge in [-0.25, -0.2) is 14.5 Å². The zero-order chi connectivity index (χ0) is 16.7. The lowest BCUT2D eigenvalue weighted by Gasteiger charge is -2.08. The largest absolute Gasteiger partial charge is 0.369 e. The molecule has 4 aromatic rings. The maximum absolute atomic E-state index is 11.1. The van der Waals surface area contributed by atoms with Crippen LogP contribution in [0.3, 0.4) is 0 Å². The quantitative estimate of drug-likeness (QED) is 0.628. The fourth-order valence-electron chi connectivity index (χ4n) is 2.88. The highest BCUT2D eigenvalue weighted by molar-refractivity contribution is 5.87. The Balaban J connectivity index is 1.86. The van der Waals surface area contributed by atoms with Crippen LogP contribution in [0.15, 0.2) is 48.9 Å². The zero-order valence-corrected chi connectivity index (χ0v) is 13.1. The average Bonchev–Trinajstić information content (AvgIpc) is 3.01. The Labute approximate surface area is 138 Å². The molecule has 118 valence electrons. The van der Waals surface area contributed by atoms with Crippen molar-refractivity contribution in [1.82, 2.24) is 19.6 Å². The van der Waals surface area contributed by atoms with E-state index in [4.69, 9.17) is 10.7 Å². The molecule has 0 spiro atoms. The summed E-state index contributed by atoms with van der Waals surface area (Å²) in [6.07, 6.45) is 3.60. The van der Waals surface area contributed by atoms with Gasteiger partial charge in [0.05, 0.1) is 17.6 Å². The van der Waals surface area contributed by atoms with Crippen molar-refractivity contribution in [2.24, 2.45) is 5.73 Å². The molecule has 0 bridgehead atoms. The van der Waals surface area contributed by atoms with Gasteiger partial charge in [0.15, 0.2) is 5.65 Å². The van der Waals surface area contributed by atoms with E-state index in [2.05, 4.69) is 23.1 Å². The molecule has 0 atom stereocenters. The summed E-state index contributed by atoms with van der Waals surface area (Å²) < 4.78 is 1.71. The van der Waals surface area contributed by atoms with Crippen molar-refractivity contribution in [3.8, 4) is 11.3 Å². The fourth-order valence-corrected chi connectivity index (χ4v) is 2.88. The Bertz CT molecular complexity index is 1080. The third kappa shape index (κ3) is 2.48. The predicted molar refractivity (Wildman–Crippen MR) is 91.4 cm³/mol. The number of carbonyl (C=O) groups excluding carboxylic acids is 1. The summed E-state index contributed by atoms with van der Waals surface area (Å²) >= 11 is 0. The summed E-state index contributed by atoms with van der Waals surface area (Å²) in [6, 6.07) is 11.8. The summed E-state index contributed by atoms with van der Waals surface area (Å²) in [7, 11) is 0. The van der Waals surface area contributed by atoms with E-state index in [9.17, 15) is 4.79 Å². The average molecular weight is 317 g/mol. The lowest BCUT2D eigenvalue weighted by Crippen LogP contribution is -2.13. The highest BCUT2D eigenvalue weighted by Crippen LogP contribution is 2.25. The van der Waals surface area contributed by atoms with E-state index in [1.165, 1.54) is 6.33 Å². The molecule has 6 heteroatoms. The maximum atomic E-state index is 11.1. The first-order valence-electron chi connectivity index (χ1n) is 7.58. The van der Waals surface area contributed by atoms with E-state index in [1.807, 2.05) is 36.5 Å². The molecule has 0 radical (unpaired) electrons.